The molecule has 0 bridgehead atoms. The van der Waals surface area contributed by atoms with Crippen LogP contribution in [0, 0.1) is 5.92 Å². The highest BCUT2D eigenvalue weighted by Crippen LogP contribution is 2.24. The molecule has 0 radical (unpaired) electrons. The van der Waals surface area contributed by atoms with Gasteiger partial charge in [-0.15, -0.1) is 12.4 Å². The Kier molecular flexibility index (Phi) is 35.8. The normalized spacial score (nSPS) is 16.0. The van der Waals surface area contributed by atoms with E-state index in [4.69, 9.17) is 23.1 Å². The van der Waals surface area contributed by atoms with Gasteiger partial charge in [0.1, 0.15) is 66.5 Å². The minimum Gasteiger partial charge on any atom is -0.394 e. The monoisotopic (exact) mass is 1670 g/mol. The second kappa shape index (κ2) is 45.4. The van der Waals surface area contributed by atoms with E-state index in [0.29, 0.717) is 53.1 Å². The number of aromatic nitrogens is 1. The Hall–Kier alpha value is -12.1. The van der Waals surface area contributed by atoms with Crippen LogP contribution in [0.2, 0.25) is 5.02 Å². The number of urea groups is 2. The molecule has 0 unspecified atom stereocenters. The molecule has 2 aliphatic heterocycles. The summed E-state index contributed by atoms with van der Waals surface area (Å²) in [6.07, 6.45) is 3.04. The second-order valence-corrected chi connectivity index (χ2v) is 30.2. The Morgan fingerprint density at radius 2 is 1.03 bits per heavy atom. The number of aliphatic hydroxyl groups is 1. The van der Waals surface area contributed by atoms with Crippen molar-refractivity contribution < 1.29 is 77.0 Å². The molecule has 19 N–H and O–H groups in total. The van der Waals surface area contributed by atoms with Gasteiger partial charge in [0.2, 0.25) is 76.8 Å². The first-order chi connectivity index (χ1) is 55.8. The van der Waals surface area contributed by atoms with Gasteiger partial charge >= 0.3 is 12.1 Å². The number of fused-ring (bicyclic) bond motifs is 1. The van der Waals surface area contributed by atoms with Crippen LogP contribution in [0.15, 0.2) is 140 Å². The number of pyridine rings is 1. The average Bonchev–Trinajstić information content (AvgIpc) is 1.45. The maximum Gasteiger partial charge on any atom is 0.322 e. The van der Waals surface area contributed by atoms with Gasteiger partial charge < -0.3 is 90.6 Å². The molecule has 3 heterocycles. The number of carbonyl (C=O) groups is 15. The summed E-state index contributed by atoms with van der Waals surface area (Å²) in [5.74, 6) is -11.0. The lowest BCUT2D eigenvalue weighted by Gasteiger charge is -2.31. The van der Waals surface area contributed by atoms with Crippen molar-refractivity contribution in [2.45, 2.75) is 191 Å². The van der Waals surface area contributed by atoms with Gasteiger partial charge in [0, 0.05) is 80.4 Å². The third-order valence-corrected chi connectivity index (χ3v) is 19.7. The summed E-state index contributed by atoms with van der Waals surface area (Å²) in [6, 6.07) is 17.3. The van der Waals surface area contributed by atoms with Crippen molar-refractivity contribution in [1.82, 2.24) is 73.7 Å². The zero-order valence-corrected chi connectivity index (χ0v) is 67.9. The Morgan fingerprint density at radius 1 is 0.542 bits per heavy atom. The smallest absolute Gasteiger partial charge is 0.322 e. The van der Waals surface area contributed by atoms with Gasteiger partial charge in [-0.1, -0.05) is 124 Å². The van der Waals surface area contributed by atoms with Gasteiger partial charge in [0.25, 0.3) is 0 Å². The van der Waals surface area contributed by atoms with Crippen molar-refractivity contribution in [2.75, 3.05) is 30.3 Å². The molecule has 2 fully saturated rings. The summed E-state index contributed by atoms with van der Waals surface area (Å²) in [5.41, 5.74) is 13.6. The molecule has 2 saturated heterocycles. The number of imide groups is 1. The minimum atomic E-state index is -1.92. The molecule has 632 valence electrons. The van der Waals surface area contributed by atoms with Gasteiger partial charge in [0.15, 0.2) is 0 Å². The first kappa shape index (κ1) is 93.0. The number of nitrogens with one attached hydrogen (secondary N) is 14. The molecule has 8 rings (SSSR count). The van der Waals surface area contributed by atoms with Crippen LogP contribution < -0.4 is 85.9 Å². The van der Waals surface area contributed by atoms with Gasteiger partial charge in [-0.2, -0.15) is 0 Å². The summed E-state index contributed by atoms with van der Waals surface area (Å²) in [7, 11) is 0. The molecule has 0 aliphatic carbocycles. The lowest BCUT2D eigenvalue weighted by Crippen LogP contribution is -2.62. The van der Waals surface area contributed by atoms with Crippen LogP contribution in [0.3, 0.4) is 0 Å². The quantitative estimate of drug-likeness (QED) is 0.0244. The number of anilines is 2. The lowest BCUT2D eigenvalue weighted by atomic mass is 9.99. The van der Waals surface area contributed by atoms with Crippen molar-refractivity contribution >= 4 is 135 Å². The predicted molar refractivity (Wildman–Crippen MR) is 441 cm³/mol. The molecular formula is C82H104Cl2N18O16. The van der Waals surface area contributed by atoms with Crippen LogP contribution in [0.25, 0.3) is 10.8 Å². The fraction of sp³-hybridized carbons (Fsp3) is 0.415. The van der Waals surface area contributed by atoms with Gasteiger partial charge in [0.05, 0.1) is 13.0 Å². The van der Waals surface area contributed by atoms with Crippen LogP contribution in [0.5, 0.6) is 0 Å². The van der Waals surface area contributed by atoms with Crippen LogP contribution >= 0.6 is 24.0 Å². The Balaban J connectivity index is 0.0000192. The Morgan fingerprint density at radius 3 is 1.53 bits per heavy atom. The number of amides is 17. The summed E-state index contributed by atoms with van der Waals surface area (Å²) in [6.45, 7) is 9.74. The topological polar surface area (TPSA) is 513 Å². The van der Waals surface area contributed by atoms with Crippen LogP contribution in [0.1, 0.15) is 114 Å². The molecule has 34 nitrogen and oxygen atoms in total. The van der Waals surface area contributed by atoms with Crippen LogP contribution in [-0.4, -0.2) is 196 Å². The number of hydrogen-bond acceptors (Lipinski definition) is 18. The van der Waals surface area contributed by atoms with E-state index in [1.807, 2.05) is 61.6 Å². The number of benzene rings is 5. The number of nitrogens with zero attached hydrogens (tertiary/aromatic N) is 2. The van der Waals surface area contributed by atoms with E-state index in [1.54, 1.807) is 50.2 Å². The van der Waals surface area contributed by atoms with E-state index in [-0.39, 0.29) is 99.2 Å². The number of rotatable bonds is 41. The first-order valence-electron chi connectivity index (χ1n) is 38.7. The molecule has 17 amide bonds. The fourth-order valence-corrected chi connectivity index (χ4v) is 13.5. The predicted octanol–water partition coefficient (Wildman–Crippen LogP) is 1.94. The number of unbranched alkanes of at least 4 members (excludes halogenated alkanes) is 1. The van der Waals surface area contributed by atoms with Crippen molar-refractivity contribution in [3.05, 3.63) is 173 Å². The van der Waals surface area contributed by atoms with Gasteiger partial charge in [-0.3, -0.25) is 72.6 Å². The van der Waals surface area contributed by atoms with E-state index >= 15 is 14.4 Å². The maximum atomic E-state index is 15.5. The summed E-state index contributed by atoms with van der Waals surface area (Å²) >= 11 is 6.27. The van der Waals surface area contributed by atoms with Crippen molar-refractivity contribution in [2.24, 2.45) is 17.4 Å². The maximum absolute atomic E-state index is 15.5. The molecule has 5 aromatic carbocycles. The molecule has 118 heavy (non-hydrogen) atoms. The molecule has 0 saturated carbocycles. The number of carbonyl (C=O) groups excluding carboxylic acids is 15. The number of nitrogens with two attached hydrogens (primary N) is 2. The van der Waals surface area contributed by atoms with Gasteiger partial charge in [-0.05, 0) is 139 Å². The van der Waals surface area contributed by atoms with E-state index in [9.17, 15) is 62.6 Å². The largest absolute Gasteiger partial charge is 0.394 e. The van der Waals surface area contributed by atoms with Crippen molar-refractivity contribution in [3.8, 4) is 0 Å². The molecule has 1 aromatic heterocycles. The third kappa shape index (κ3) is 29.2. The standard InChI is InChI=1S/C82H103ClN18O16.ClH/c1-45(2)35-60(72(107)92-59(16-9-10-33-87-46(3)4)80(115)101-34-12-17-68(101)79(114)88-47(5)70(84)105)93-74(109)63(38-51-23-30-58(31-24-51)91-81(85)116)95-76(111)64(39-50-21-28-57(29-22-50)90-71(106)66-42-69(104)100-82(117)99-66)97-78(113)67(44-102)98-77(112)65(41-53-13-11-32-86-43-53)96-75(110)62(37-49-19-26-56(83)27-20-49)94-73(108)61(89-48(6)103)40-52-18-25-54-14-7-8-15-55(54)36-52;/h7-8,11,13-15,18-32,36,43,45-47,59-68,87,102H,9-10,12,16-17,33-35,37-42,44H2,1-6H3,(H2,84,105)(H,88,114)(H,89,103)(H,90,106)(H,92,107)(H,93,109)(H,94,108)(H,95,111)(H,96,110)(H,97,113)(H,98,112)(H3,85,91,116)(H2,99,100,104,117);1H/t47-,59+,60+,61-,62-,63-,64+,65-,66+,67+,68+;/m1./s1. The molecule has 11 atom stereocenters. The highest BCUT2D eigenvalue weighted by atomic mass is 35.5. The number of primary amides is 2. The van der Waals surface area contributed by atoms with Crippen molar-refractivity contribution in [3.63, 3.8) is 0 Å². The molecular weight excluding hydrogens is 1560 g/mol. The highest BCUT2D eigenvalue weighted by Gasteiger charge is 2.41. The van der Waals surface area contributed by atoms with E-state index in [0.717, 1.165) is 10.8 Å². The zero-order chi connectivity index (χ0) is 85.0. The van der Waals surface area contributed by atoms with E-state index in [1.165, 1.54) is 79.7 Å². The fourth-order valence-electron chi connectivity index (χ4n) is 13.4. The van der Waals surface area contributed by atoms with E-state index < -0.39 is 168 Å². The van der Waals surface area contributed by atoms with Gasteiger partial charge in [-0.25, -0.2) is 9.59 Å². The van der Waals surface area contributed by atoms with Crippen LogP contribution in [-0.2, 0) is 94.4 Å². The first-order valence-corrected chi connectivity index (χ1v) is 39.1. The lowest BCUT2D eigenvalue weighted by molar-refractivity contribution is -0.142. The SMILES string of the molecule is CC(=O)N[C@H](Cc1ccc2ccccc2c1)C(=O)N[C@H](Cc1ccc(Cl)cc1)C(=O)N[C@H](Cc1cccnc1)C(=O)N[C@@H](CO)C(=O)N[C@@H](Cc1ccc(NC(=O)[C@@H]2CC(=O)NC(=O)N2)cc1)C(=O)N[C@H](Cc1ccc(NC(N)=O)cc1)C(=O)N[C@@H](CC(C)C)C(=O)N[C@@H](CCCCNC(C)C)C(=O)N1CCC[C@H]1C(=O)N[C@H](C)C(N)=O.Cl. The van der Waals surface area contributed by atoms with Crippen LogP contribution in [0.4, 0.5) is 21.0 Å². The Labute approximate surface area is 693 Å². The highest BCUT2D eigenvalue weighted by molar-refractivity contribution is 6.30. The molecule has 6 aromatic rings. The third-order valence-electron chi connectivity index (χ3n) is 19.4. The second-order valence-electron chi connectivity index (χ2n) is 29.8. The summed E-state index contributed by atoms with van der Waals surface area (Å²) in [4.78, 5) is 213. The number of hydrogen-bond donors (Lipinski definition) is 17. The number of halogens is 2. The number of aliphatic hydroxyl groups excluding tert-OH is 1. The molecule has 0 spiro atoms. The van der Waals surface area contributed by atoms with Crippen molar-refractivity contribution in [1.29, 1.82) is 0 Å². The number of likely N-dealkylation sites (tertiary alicyclic amines) is 1. The zero-order valence-electron chi connectivity index (χ0n) is 66.3. The minimum absolute atomic E-state index is 0. The molecule has 2 aliphatic rings. The molecule has 36 heteroatoms. The summed E-state index contributed by atoms with van der Waals surface area (Å²) < 4.78 is 0. The Bertz CT molecular complexity index is 4530. The van der Waals surface area contributed by atoms with E-state index in [2.05, 4.69) is 74.1 Å². The summed E-state index contributed by atoms with van der Waals surface area (Å²) in [5, 5.41) is 50.4. The average molecular weight is 1670 g/mol.